The third-order valence-electron chi connectivity index (χ3n) is 2.29. The number of amides is 1. The number of nitrogens with two attached hydrogens (primary N) is 2. The number of hydrogen-bond acceptors (Lipinski definition) is 3. The lowest BCUT2D eigenvalue weighted by Gasteiger charge is -2.30. The molecule has 0 saturated carbocycles. The van der Waals surface area contributed by atoms with Crippen molar-refractivity contribution in [3.8, 4) is 0 Å². The van der Waals surface area contributed by atoms with Gasteiger partial charge in [-0.05, 0) is 19.4 Å². The molecular weight excluding hydrogens is 186 g/mol. The molecule has 0 aromatic carbocycles. The normalized spacial score (nSPS) is 24.2. The molecule has 5 heteroatoms. The highest BCUT2D eigenvalue weighted by Gasteiger charge is 2.22. The van der Waals surface area contributed by atoms with E-state index in [0.29, 0.717) is 11.5 Å². The minimum atomic E-state index is -0.288. The summed E-state index contributed by atoms with van der Waals surface area (Å²) in [5.41, 5.74) is 10.6. The Bertz CT molecular complexity index is 219. The lowest BCUT2D eigenvalue weighted by molar-refractivity contribution is -0.119. The third kappa shape index (κ3) is 3.28. The van der Waals surface area contributed by atoms with Crippen LogP contribution in [0.5, 0.6) is 0 Å². The van der Waals surface area contributed by atoms with Crippen LogP contribution in [-0.4, -0.2) is 35.4 Å². The van der Waals surface area contributed by atoms with Crippen molar-refractivity contribution in [3.63, 3.8) is 0 Å². The summed E-state index contributed by atoms with van der Waals surface area (Å²) in [5.74, 6) is -0.0355. The van der Waals surface area contributed by atoms with Gasteiger partial charge in [-0.25, -0.2) is 0 Å². The lowest BCUT2D eigenvalue weighted by atomic mass is 9.98. The van der Waals surface area contributed by atoms with Crippen LogP contribution in [-0.2, 0) is 4.79 Å². The van der Waals surface area contributed by atoms with Crippen LogP contribution in [0.2, 0.25) is 0 Å². The van der Waals surface area contributed by atoms with Gasteiger partial charge in [-0.15, -0.1) is 0 Å². The van der Waals surface area contributed by atoms with E-state index in [4.69, 9.17) is 23.7 Å². The van der Waals surface area contributed by atoms with Crippen molar-refractivity contribution in [3.05, 3.63) is 0 Å². The van der Waals surface area contributed by atoms with Crippen molar-refractivity contribution in [2.75, 3.05) is 19.6 Å². The second kappa shape index (κ2) is 4.53. The smallest absolute Gasteiger partial charge is 0.231 e. The van der Waals surface area contributed by atoms with Crippen molar-refractivity contribution in [1.82, 2.24) is 4.90 Å². The zero-order valence-corrected chi connectivity index (χ0v) is 8.35. The van der Waals surface area contributed by atoms with Gasteiger partial charge in [-0.1, -0.05) is 12.2 Å². The fourth-order valence-corrected chi connectivity index (χ4v) is 1.84. The predicted octanol–water partition coefficient (Wildman–Crippen LogP) is -0.530. The lowest BCUT2D eigenvalue weighted by Crippen LogP contribution is -2.44. The molecule has 1 aliphatic rings. The van der Waals surface area contributed by atoms with Gasteiger partial charge in [0.2, 0.25) is 5.91 Å². The van der Waals surface area contributed by atoms with Gasteiger partial charge in [0.05, 0.1) is 11.5 Å². The highest BCUT2D eigenvalue weighted by molar-refractivity contribution is 7.80. The fourth-order valence-electron chi connectivity index (χ4n) is 1.65. The molecule has 1 heterocycles. The topological polar surface area (TPSA) is 72.4 Å². The fraction of sp³-hybridized carbons (Fsp3) is 0.750. The van der Waals surface area contributed by atoms with E-state index < -0.39 is 0 Å². The number of piperidine rings is 1. The second-order valence-electron chi connectivity index (χ2n) is 3.44. The van der Waals surface area contributed by atoms with E-state index in [9.17, 15) is 4.79 Å². The van der Waals surface area contributed by atoms with Crippen molar-refractivity contribution in [2.24, 2.45) is 17.4 Å². The van der Waals surface area contributed by atoms with Crippen molar-refractivity contribution >= 4 is 23.1 Å². The van der Waals surface area contributed by atoms with Gasteiger partial charge in [0, 0.05) is 12.5 Å². The molecule has 0 aromatic heterocycles. The monoisotopic (exact) mass is 201 g/mol. The minimum absolute atomic E-state index is 0.253. The van der Waals surface area contributed by atoms with Crippen LogP contribution in [0.15, 0.2) is 0 Å². The Hall–Kier alpha value is -0.680. The number of rotatable bonds is 3. The molecule has 1 aliphatic heterocycles. The summed E-state index contributed by atoms with van der Waals surface area (Å²) < 4.78 is 0. The van der Waals surface area contributed by atoms with Gasteiger partial charge in [0.1, 0.15) is 0 Å². The summed E-state index contributed by atoms with van der Waals surface area (Å²) in [7, 11) is 0. The Labute approximate surface area is 83.2 Å². The molecule has 0 radical (unpaired) electrons. The number of primary amides is 1. The van der Waals surface area contributed by atoms with Crippen LogP contribution in [0.3, 0.4) is 0 Å². The molecule has 74 valence electrons. The zero-order chi connectivity index (χ0) is 9.84. The zero-order valence-electron chi connectivity index (χ0n) is 7.53. The molecule has 0 spiro atoms. The van der Waals surface area contributed by atoms with Gasteiger partial charge >= 0.3 is 0 Å². The largest absolute Gasteiger partial charge is 0.393 e. The van der Waals surface area contributed by atoms with Crippen LogP contribution in [0, 0.1) is 5.92 Å². The molecule has 1 unspecified atom stereocenters. The van der Waals surface area contributed by atoms with E-state index in [1.807, 2.05) is 4.90 Å². The number of carbonyl (C=O) groups excluding carboxylic acids is 1. The van der Waals surface area contributed by atoms with Gasteiger partial charge in [-0.2, -0.15) is 0 Å². The van der Waals surface area contributed by atoms with Gasteiger partial charge in [0.25, 0.3) is 0 Å². The van der Waals surface area contributed by atoms with Gasteiger partial charge in [-0.3, -0.25) is 9.69 Å². The molecule has 1 atom stereocenters. The molecule has 0 aliphatic carbocycles. The van der Waals surface area contributed by atoms with E-state index >= 15 is 0 Å². The summed E-state index contributed by atoms with van der Waals surface area (Å²) >= 11 is 4.92. The van der Waals surface area contributed by atoms with E-state index in [0.717, 1.165) is 25.9 Å². The summed E-state index contributed by atoms with van der Waals surface area (Å²) in [6.45, 7) is 2.01. The first-order valence-electron chi connectivity index (χ1n) is 4.39. The summed E-state index contributed by atoms with van der Waals surface area (Å²) in [6, 6.07) is 0. The van der Waals surface area contributed by atoms with Crippen molar-refractivity contribution in [1.29, 1.82) is 0 Å². The average molecular weight is 201 g/mol. The molecule has 1 rings (SSSR count). The molecule has 1 fully saturated rings. The average Bonchev–Trinajstić information content (AvgIpc) is 2.03. The quantitative estimate of drug-likeness (QED) is 0.602. The number of thiocarbonyl (C=S) groups is 1. The third-order valence-corrected chi connectivity index (χ3v) is 2.62. The summed E-state index contributed by atoms with van der Waals surface area (Å²) in [4.78, 5) is 13.2. The van der Waals surface area contributed by atoms with E-state index in [2.05, 4.69) is 0 Å². The summed E-state index contributed by atoms with van der Waals surface area (Å²) in [6.07, 6.45) is 2.07. The molecule has 13 heavy (non-hydrogen) atoms. The highest BCUT2D eigenvalue weighted by atomic mass is 32.1. The molecule has 1 saturated heterocycles. The van der Waals surface area contributed by atoms with Crippen LogP contribution >= 0.6 is 12.2 Å². The molecule has 0 aromatic rings. The van der Waals surface area contributed by atoms with Crippen LogP contribution in [0.1, 0.15) is 12.8 Å². The van der Waals surface area contributed by atoms with Crippen LogP contribution < -0.4 is 11.5 Å². The Morgan fingerprint density at radius 2 is 2.23 bits per heavy atom. The van der Waals surface area contributed by atoms with Crippen LogP contribution in [0.4, 0.5) is 0 Å². The minimum Gasteiger partial charge on any atom is -0.393 e. The van der Waals surface area contributed by atoms with Gasteiger partial charge < -0.3 is 11.5 Å². The maximum Gasteiger partial charge on any atom is 0.231 e. The molecule has 4 N–H and O–H groups in total. The van der Waals surface area contributed by atoms with Crippen molar-refractivity contribution < 1.29 is 4.79 Å². The SMILES string of the molecule is NC(=O)CN1CCCC(C(N)=S)C1. The highest BCUT2D eigenvalue weighted by Crippen LogP contribution is 2.15. The number of hydrogen-bond donors (Lipinski definition) is 2. The molecular formula is C8H15N3OS. The first kappa shape index (κ1) is 10.4. The van der Waals surface area contributed by atoms with E-state index in [1.54, 1.807) is 0 Å². The first-order chi connectivity index (χ1) is 6.09. The number of nitrogens with zero attached hydrogens (tertiary/aromatic N) is 1. The van der Waals surface area contributed by atoms with E-state index in [-0.39, 0.29) is 11.8 Å². The maximum atomic E-state index is 10.7. The predicted molar refractivity (Wildman–Crippen MR) is 55.1 cm³/mol. The van der Waals surface area contributed by atoms with Crippen LogP contribution in [0.25, 0.3) is 0 Å². The molecule has 4 nitrogen and oxygen atoms in total. The van der Waals surface area contributed by atoms with E-state index in [1.165, 1.54) is 0 Å². The number of carbonyl (C=O) groups is 1. The number of likely N-dealkylation sites (tertiary alicyclic amines) is 1. The Morgan fingerprint density at radius 3 is 2.77 bits per heavy atom. The molecule has 1 amide bonds. The Kier molecular flexibility index (Phi) is 3.62. The Balaban J connectivity index is 2.41. The maximum absolute atomic E-state index is 10.7. The second-order valence-corrected chi connectivity index (χ2v) is 3.91. The first-order valence-corrected chi connectivity index (χ1v) is 4.80. The standard InChI is InChI=1S/C8H15N3OS/c9-7(12)5-11-3-1-2-6(4-11)8(10)13/h6H,1-5H2,(H2,9,12)(H2,10,13). The van der Waals surface area contributed by atoms with Crippen molar-refractivity contribution in [2.45, 2.75) is 12.8 Å². The van der Waals surface area contributed by atoms with Gasteiger partial charge in [0.15, 0.2) is 0 Å². The Morgan fingerprint density at radius 1 is 1.54 bits per heavy atom. The molecule has 0 bridgehead atoms. The summed E-state index contributed by atoms with van der Waals surface area (Å²) in [5, 5.41) is 0.